The molecule has 0 amide bonds. The number of ketones is 1. The molecule has 0 spiro atoms. The van der Waals surface area contributed by atoms with Gasteiger partial charge in [-0.25, -0.2) is 4.79 Å². The molecule has 0 saturated heterocycles. The van der Waals surface area contributed by atoms with Crippen molar-refractivity contribution >= 4 is 17.8 Å². The standard InChI is InChI=1S/C21H20O6/c1-13(2)26-20(22)12-25-15-8-9-16-18(11-15)27-19(21(16)23)10-14-6-4-5-7-17(14)24-3/h4-11,13H,12H2,1-3H3/b19-10-. The highest BCUT2D eigenvalue weighted by atomic mass is 16.6. The molecule has 0 fully saturated rings. The van der Waals surface area contributed by atoms with E-state index in [1.165, 1.54) is 0 Å². The van der Waals surface area contributed by atoms with E-state index in [9.17, 15) is 9.59 Å². The second kappa shape index (κ2) is 7.95. The van der Waals surface area contributed by atoms with E-state index < -0.39 is 5.97 Å². The van der Waals surface area contributed by atoms with Crippen molar-refractivity contribution in [1.29, 1.82) is 0 Å². The number of hydrogen-bond donors (Lipinski definition) is 0. The minimum Gasteiger partial charge on any atom is -0.496 e. The van der Waals surface area contributed by atoms with Gasteiger partial charge in [0.2, 0.25) is 5.78 Å². The van der Waals surface area contributed by atoms with Crippen molar-refractivity contribution in [2.45, 2.75) is 20.0 Å². The summed E-state index contributed by atoms with van der Waals surface area (Å²) in [7, 11) is 1.57. The van der Waals surface area contributed by atoms with E-state index in [4.69, 9.17) is 18.9 Å². The van der Waals surface area contributed by atoms with Crippen LogP contribution >= 0.6 is 0 Å². The number of hydrogen-bond acceptors (Lipinski definition) is 6. The number of fused-ring (bicyclic) bond motifs is 1. The second-order valence-corrected chi connectivity index (χ2v) is 6.17. The van der Waals surface area contributed by atoms with Crippen LogP contribution in [-0.2, 0) is 9.53 Å². The molecule has 2 aromatic carbocycles. The van der Waals surface area contributed by atoms with Gasteiger partial charge in [0.15, 0.2) is 12.4 Å². The Hall–Kier alpha value is -3.28. The van der Waals surface area contributed by atoms with Gasteiger partial charge in [0.25, 0.3) is 0 Å². The van der Waals surface area contributed by atoms with Crippen LogP contribution in [0.2, 0.25) is 0 Å². The summed E-state index contributed by atoms with van der Waals surface area (Å²) in [6, 6.07) is 12.2. The SMILES string of the molecule is COc1ccccc1/C=C1\Oc2cc(OCC(=O)OC(C)C)ccc2C1=O. The lowest BCUT2D eigenvalue weighted by molar-refractivity contribution is -0.149. The van der Waals surface area contributed by atoms with Crippen molar-refractivity contribution in [3.8, 4) is 17.2 Å². The average Bonchev–Trinajstić information content (AvgIpc) is 2.95. The molecule has 2 aromatic rings. The van der Waals surface area contributed by atoms with Gasteiger partial charge in [-0.2, -0.15) is 0 Å². The van der Waals surface area contributed by atoms with Crippen LogP contribution in [0.3, 0.4) is 0 Å². The summed E-state index contributed by atoms with van der Waals surface area (Å²) in [5.41, 5.74) is 1.18. The molecule has 0 N–H and O–H groups in total. The molecular weight excluding hydrogens is 348 g/mol. The Morgan fingerprint density at radius 1 is 1.19 bits per heavy atom. The lowest BCUT2D eigenvalue weighted by Gasteiger charge is -2.09. The van der Waals surface area contributed by atoms with Crippen molar-refractivity contribution < 1.29 is 28.5 Å². The molecule has 1 aliphatic rings. The van der Waals surface area contributed by atoms with Crippen LogP contribution in [0.1, 0.15) is 29.8 Å². The maximum absolute atomic E-state index is 12.6. The van der Waals surface area contributed by atoms with E-state index >= 15 is 0 Å². The third-order valence-electron chi connectivity index (χ3n) is 3.79. The summed E-state index contributed by atoms with van der Waals surface area (Å²) >= 11 is 0. The first-order chi connectivity index (χ1) is 13.0. The van der Waals surface area contributed by atoms with Crippen LogP contribution in [0.15, 0.2) is 48.2 Å². The van der Waals surface area contributed by atoms with Gasteiger partial charge in [-0.05, 0) is 38.1 Å². The summed E-state index contributed by atoms with van der Waals surface area (Å²) in [6.07, 6.45) is 1.44. The molecule has 6 nitrogen and oxygen atoms in total. The predicted octanol–water partition coefficient (Wildman–Crippen LogP) is 3.64. The molecule has 1 heterocycles. The molecule has 27 heavy (non-hydrogen) atoms. The van der Waals surface area contributed by atoms with Crippen LogP contribution in [0.4, 0.5) is 0 Å². The van der Waals surface area contributed by atoms with E-state index in [0.29, 0.717) is 22.8 Å². The van der Waals surface area contributed by atoms with Crippen LogP contribution in [-0.4, -0.2) is 31.6 Å². The predicted molar refractivity (Wildman–Crippen MR) is 99.1 cm³/mol. The third kappa shape index (κ3) is 4.28. The number of esters is 1. The fraction of sp³-hybridized carbons (Fsp3) is 0.238. The Kier molecular flexibility index (Phi) is 5.45. The zero-order chi connectivity index (χ0) is 19.4. The molecular formula is C21H20O6. The number of Topliss-reactive ketones (excluding diaryl/α,β-unsaturated/α-hetero) is 1. The fourth-order valence-electron chi connectivity index (χ4n) is 2.62. The zero-order valence-electron chi connectivity index (χ0n) is 15.4. The third-order valence-corrected chi connectivity index (χ3v) is 3.79. The number of methoxy groups -OCH3 is 1. The molecule has 1 aliphatic heterocycles. The van der Waals surface area contributed by atoms with Crippen molar-refractivity contribution in [1.82, 2.24) is 0 Å². The van der Waals surface area contributed by atoms with E-state index in [2.05, 4.69) is 0 Å². The molecule has 3 rings (SSSR count). The molecule has 0 aliphatic carbocycles. The fourth-order valence-corrected chi connectivity index (χ4v) is 2.62. The maximum atomic E-state index is 12.6. The molecule has 0 bridgehead atoms. The van der Waals surface area contributed by atoms with Gasteiger partial charge < -0.3 is 18.9 Å². The first-order valence-corrected chi connectivity index (χ1v) is 8.51. The maximum Gasteiger partial charge on any atom is 0.344 e. The van der Waals surface area contributed by atoms with Gasteiger partial charge in [0, 0.05) is 11.6 Å². The first-order valence-electron chi connectivity index (χ1n) is 8.51. The smallest absolute Gasteiger partial charge is 0.344 e. The number of ether oxygens (including phenoxy) is 4. The summed E-state index contributed by atoms with van der Waals surface area (Å²) in [5.74, 6) is 0.966. The number of rotatable bonds is 6. The molecule has 0 unspecified atom stereocenters. The van der Waals surface area contributed by atoms with Crippen molar-refractivity contribution in [2.75, 3.05) is 13.7 Å². The minimum atomic E-state index is -0.459. The van der Waals surface area contributed by atoms with Gasteiger partial charge in [0.1, 0.15) is 17.2 Å². The molecule has 0 aromatic heterocycles. The number of allylic oxidation sites excluding steroid dienone is 1. The summed E-state index contributed by atoms with van der Waals surface area (Å²) < 4.78 is 21.4. The highest BCUT2D eigenvalue weighted by molar-refractivity contribution is 6.14. The number of benzene rings is 2. The summed E-state index contributed by atoms with van der Waals surface area (Å²) in [4.78, 5) is 24.1. The topological polar surface area (TPSA) is 71.1 Å². The monoisotopic (exact) mass is 368 g/mol. The molecule has 140 valence electrons. The lowest BCUT2D eigenvalue weighted by atomic mass is 10.1. The Morgan fingerprint density at radius 2 is 1.96 bits per heavy atom. The highest BCUT2D eigenvalue weighted by Crippen LogP contribution is 2.35. The Morgan fingerprint density at radius 3 is 2.70 bits per heavy atom. The van der Waals surface area contributed by atoms with Crippen molar-refractivity contribution in [3.05, 3.63) is 59.4 Å². The Bertz CT molecular complexity index is 897. The van der Waals surface area contributed by atoms with Gasteiger partial charge >= 0.3 is 5.97 Å². The molecule has 0 atom stereocenters. The Balaban J connectivity index is 1.75. The average molecular weight is 368 g/mol. The summed E-state index contributed by atoms with van der Waals surface area (Å²) in [6.45, 7) is 3.32. The van der Waals surface area contributed by atoms with Crippen LogP contribution < -0.4 is 14.2 Å². The first kappa shape index (κ1) is 18.5. The van der Waals surface area contributed by atoms with E-state index in [1.807, 2.05) is 18.2 Å². The van der Waals surface area contributed by atoms with Gasteiger partial charge in [-0.15, -0.1) is 0 Å². The number of para-hydroxylation sites is 1. The second-order valence-electron chi connectivity index (χ2n) is 6.17. The quantitative estimate of drug-likeness (QED) is 0.573. The molecule has 0 saturated carbocycles. The van der Waals surface area contributed by atoms with Crippen molar-refractivity contribution in [2.24, 2.45) is 0 Å². The van der Waals surface area contributed by atoms with Crippen LogP contribution in [0.5, 0.6) is 17.2 Å². The van der Waals surface area contributed by atoms with Gasteiger partial charge in [-0.3, -0.25) is 4.79 Å². The number of carbonyl (C=O) groups is 2. The minimum absolute atomic E-state index is 0.200. The van der Waals surface area contributed by atoms with Crippen molar-refractivity contribution in [3.63, 3.8) is 0 Å². The Labute approximate surface area is 157 Å². The van der Waals surface area contributed by atoms with Crippen LogP contribution in [0, 0.1) is 0 Å². The molecule has 0 radical (unpaired) electrons. The zero-order valence-corrected chi connectivity index (χ0v) is 15.4. The van der Waals surface area contributed by atoms with E-state index in [1.54, 1.807) is 51.3 Å². The van der Waals surface area contributed by atoms with E-state index in [-0.39, 0.29) is 24.3 Å². The normalized spacial score (nSPS) is 14.1. The summed E-state index contributed by atoms with van der Waals surface area (Å²) in [5, 5.41) is 0. The highest BCUT2D eigenvalue weighted by Gasteiger charge is 2.28. The van der Waals surface area contributed by atoms with Gasteiger partial charge in [-0.1, -0.05) is 18.2 Å². The lowest BCUT2D eigenvalue weighted by Crippen LogP contribution is -2.18. The van der Waals surface area contributed by atoms with E-state index in [0.717, 1.165) is 5.56 Å². The van der Waals surface area contributed by atoms with Crippen LogP contribution in [0.25, 0.3) is 6.08 Å². The van der Waals surface area contributed by atoms with Gasteiger partial charge in [0.05, 0.1) is 18.8 Å². The molecule has 6 heteroatoms. The largest absolute Gasteiger partial charge is 0.496 e. The number of carbonyl (C=O) groups excluding carboxylic acids is 2.